The second kappa shape index (κ2) is 4.73. The quantitative estimate of drug-likeness (QED) is 0.806. The number of benzene rings is 1. The summed E-state index contributed by atoms with van der Waals surface area (Å²) in [5, 5.41) is 9.52. The number of hydrogen-bond donors (Lipinski definition) is 1. The summed E-state index contributed by atoms with van der Waals surface area (Å²) in [6, 6.07) is 3.54. The number of halogens is 4. The van der Waals surface area contributed by atoms with Crippen molar-refractivity contribution in [3.63, 3.8) is 0 Å². The molecule has 1 aromatic rings. The average molecular weight is 291 g/mol. The fourth-order valence-corrected chi connectivity index (χ4v) is 2.19. The maximum Gasteiger partial charge on any atom is 0.419 e. The van der Waals surface area contributed by atoms with Crippen LogP contribution in [0.25, 0.3) is 0 Å². The molecular weight excluding hydrogens is 278 g/mol. The van der Waals surface area contributed by atoms with Gasteiger partial charge in [-0.15, -0.1) is 0 Å². The minimum atomic E-state index is -4.79. The summed E-state index contributed by atoms with van der Waals surface area (Å²) in [5.41, 5.74) is -2.40. The molecule has 1 fully saturated rings. The molecule has 1 saturated heterocycles. The number of amides is 1. The second-order valence-electron chi connectivity index (χ2n) is 4.97. The van der Waals surface area contributed by atoms with Crippen molar-refractivity contribution in [2.75, 3.05) is 13.1 Å². The predicted molar refractivity (Wildman–Crippen MR) is 62.7 cm³/mol. The van der Waals surface area contributed by atoms with Gasteiger partial charge in [0.05, 0.1) is 6.54 Å². The van der Waals surface area contributed by atoms with E-state index in [-0.39, 0.29) is 12.1 Å². The molecule has 0 aromatic heterocycles. The van der Waals surface area contributed by atoms with E-state index in [4.69, 9.17) is 0 Å². The van der Waals surface area contributed by atoms with Crippen LogP contribution in [0, 0.1) is 12.7 Å². The normalized spacial score (nSPS) is 23.2. The van der Waals surface area contributed by atoms with E-state index in [1.54, 1.807) is 6.92 Å². The van der Waals surface area contributed by atoms with E-state index in [0.717, 1.165) is 11.0 Å². The van der Waals surface area contributed by atoms with Crippen molar-refractivity contribution in [1.82, 2.24) is 4.90 Å². The van der Waals surface area contributed by atoms with Crippen molar-refractivity contribution in [3.05, 3.63) is 35.1 Å². The van der Waals surface area contributed by atoms with Crippen LogP contribution in [-0.2, 0) is 0 Å². The summed E-state index contributed by atoms with van der Waals surface area (Å²) < 4.78 is 51.2. The first-order chi connectivity index (χ1) is 9.14. The number of likely N-dealkylation sites (tertiary alicyclic amines) is 1. The number of hydrogen-bond acceptors (Lipinski definition) is 2. The van der Waals surface area contributed by atoms with Crippen LogP contribution < -0.4 is 0 Å². The van der Waals surface area contributed by atoms with E-state index in [0.29, 0.717) is 5.56 Å². The van der Waals surface area contributed by atoms with Gasteiger partial charge in [0.2, 0.25) is 0 Å². The summed E-state index contributed by atoms with van der Waals surface area (Å²) in [6.45, 7) is 0.523. The first-order valence-electron chi connectivity index (χ1n) is 5.98. The van der Waals surface area contributed by atoms with Gasteiger partial charge in [-0.05, 0) is 24.6 Å². The Morgan fingerprint density at radius 3 is 2.60 bits per heavy atom. The molecule has 1 N–H and O–H groups in total. The summed E-state index contributed by atoms with van der Waals surface area (Å²) in [4.78, 5) is 13.0. The van der Waals surface area contributed by atoms with Crippen LogP contribution in [0.15, 0.2) is 18.2 Å². The SMILES string of the molecule is Cc1ccc(F)cc1C(=O)N1CCC(O)(C(F)(F)F)C1. The maximum atomic E-state index is 13.1. The van der Waals surface area contributed by atoms with Gasteiger partial charge in [-0.3, -0.25) is 4.79 Å². The minimum absolute atomic E-state index is 0.0106. The third-order valence-corrected chi connectivity index (χ3v) is 3.49. The van der Waals surface area contributed by atoms with Crippen LogP contribution in [0.1, 0.15) is 22.3 Å². The van der Waals surface area contributed by atoms with E-state index >= 15 is 0 Å². The predicted octanol–water partition coefficient (Wildman–Crippen LogP) is 2.27. The van der Waals surface area contributed by atoms with Crippen LogP contribution in [0.4, 0.5) is 17.6 Å². The molecular formula is C13H13F4NO2. The summed E-state index contributed by atoms with van der Waals surface area (Å²) in [5.74, 6) is -1.34. The highest BCUT2D eigenvalue weighted by molar-refractivity contribution is 5.95. The van der Waals surface area contributed by atoms with E-state index in [1.807, 2.05) is 0 Å². The minimum Gasteiger partial charge on any atom is -0.379 e. The van der Waals surface area contributed by atoms with Gasteiger partial charge in [0.15, 0.2) is 5.60 Å². The Bertz CT molecular complexity index is 544. The van der Waals surface area contributed by atoms with Crippen molar-refractivity contribution < 1.29 is 27.5 Å². The topological polar surface area (TPSA) is 40.5 Å². The zero-order valence-electron chi connectivity index (χ0n) is 10.7. The lowest BCUT2D eigenvalue weighted by Crippen LogP contribution is -2.48. The monoisotopic (exact) mass is 291 g/mol. The van der Waals surface area contributed by atoms with Gasteiger partial charge in [0, 0.05) is 18.5 Å². The Morgan fingerprint density at radius 2 is 2.05 bits per heavy atom. The summed E-state index contributed by atoms with van der Waals surface area (Å²) >= 11 is 0. The number of aryl methyl sites for hydroxylation is 1. The zero-order valence-corrected chi connectivity index (χ0v) is 10.7. The van der Waals surface area contributed by atoms with Crippen molar-refractivity contribution >= 4 is 5.91 Å². The Kier molecular flexibility index (Phi) is 3.49. The molecule has 110 valence electrons. The van der Waals surface area contributed by atoms with Crippen molar-refractivity contribution in [3.8, 4) is 0 Å². The highest BCUT2D eigenvalue weighted by Gasteiger charge is 2.57. The van der Waals surface area contributed by atoms with Crippen molar-refractivity contribution in [2.24, 2.45) is 0 Å². The van der Waals surface area contributed by atoms with Gasteiger partial charge in [0.25, 0.3) is 5.91 Å². The zero-order chi connectivity index (χ0) is 15.1. The third-order valence-electron chi connectivity index (χ3n) is 3.49. The average Bonchev–Trinajstić information content (AvgIpc) is 2.75. The smallest absolute Gasteiger partial charge is 0.379 e. The first kappa shape index (κ1) is 14.8. The molecule has 7 heteroatoms. The highest BCUT2D eigenvalue weighted by Crippen LogP contribution is 2.38. The van der Waals surface area contributed by atoms with E-state index in [2.05, 4.69) is 0 Å². The van der Waals surface area contributed by atoms with Crippen molar-refractivity contribution in [1.29, 1.82) is 0 Å². The Balaban J connectivity index is 2.22. The molecule has 0 saturated carbocycles. The van der Waals surface area contributed by atoms with Crippen molar-refractivity contribution in [2.45, 2.75) is 25.1 Å². The Morgan fingerprint density at radius 1 is 1.40 bits per heavy atom. The Hall–Kier alpha value is -1.63. The Labute approximate surface area is 112 Å². The number of carbonyl (C=O) groups is 1. The fraction of sp³-hybridized carbons (Fsp3) is 0.462. The molecule has 1 aliphatic rings. The molecule has 1 aromatic carbocycles. The molecule has 0 spiro atoms. The second-order valence-corrected chi connectivity index (χ2v) is 4.97. The van der Waals surface area contributed by atoms with Gasteiger partial charge in [0.1, 0.15) is 5.82 Å². The molecule has 0 radical (unpaired) electrons. The van der Waals surface area contributed by atoms with E-state index in [9.17, 15) is 27.5 Å². The molecule has 1 aliphatic heterocycles. The van der Waals surface area contributed by atoms with Gasteiger partial charge in [-0.1, -0.05) is 6.07 Å². The number of alkyl halides is 3. The maximum absolute atomic E-state index is 13.1. The fourth-order valence-electron chi connectivity index (χ4n) is 2.19. The van der Waals surface area contributed by atoms with Crippen LogP contribution in [0.2, 0.25) is 0 Å². The molecule has 1 heterocycles. The van der Waals surface area contributed by atoms with E-state index in [1.165, 1.54) is 12.1 Å². The van der Waals surface area contributed by atoms with Crippen LogP contribution in [0.5, 0.6) is 0 Å². The molecule has 1 atom stereocenters. The van der Waals surface area contributed by atoms with Crippen LogP contribution in [-0.4, -0.2) is 40.8 Å². The number of rotatable bonds is 1. The first-order valence-corrected chi connectivity index (χ1v) is 5.98. The summed E-state index contributed by atoms with van der Waals surface area (Å²) in [6.07, 6.45) is -5.37. The summed E-state index contributed by atoms with van der Waals surface area (Å²) in [7, 11) is 0. The lowest BCUT2D eigenvalue weighted by atomic mass is 10.0. The van der Waals surface area contributed by atoms with E-state index < -0.39 is 36.5 Å². The van der Waals surface area contributed by atoms with Gasteiger partial charge in [-0.25, -0.2) is 4.39 Å². The lowest BCUT2D eigenvalue weighted by Gasteiger charge is -2.26. The lowest BCUT2D eigenvalue weighted by molar-refractivity contribution is -0.253. The molecule has 20 heavy (non-hydrogen) atoms. The molecule has 1 unspecified atom stereocenters. The number of nitrogens with zero attached hydrogens (tertiary/aromatic N) is 1. The number of aliphatic hydroxyl groups is 1. The van der Waals surface area contributed by atoms with Crippen LogP contribution >= 0.6 is 0 Å². The standard InChI is InChI=1S/C13H13F4NO2/c1-8-2-3-9(14)6-10(8)11(19)18-5-4-12(20,7-18)13(15,16)17/h2-3,6,20H,4-5,7H2,1H3. The third kappa shape index (κ3) is 2.49. The number of carbonyl (C=O) groups excluding carboxylic acids is 1. The van der Waals surface area contributed by atoms with Gasteiger partial charge < -0.3 is 10.0 Å². The van der Waals surface area contributed by atoms with Gasteiger partial charge in [-0.2, -0.15) is 13.2 Å². The highest BCUT2D eigenvalue weighted by atomic mass is 19.4. The molecule has 0 bridgehead atoms. The molecule has 1 amide bonds. The molecule has 2 rings (SSSR count). The van der Waals surface area contributed by atoms with Gasteiger partial charge >= 0.3 is 6.18 Å². The van der Waals surface area contributed by atoms with Crippen LogP contribution in [0.3, 0.4) is 0 Å². The largest absolute Gasteiger partial charge is 0.419 e. The molecule has 3 nitrogen and oxygen atoms in total. The molecule has 0 aliphatic carbocycles. The number of β-amino-alcohol motifs (C(OH)–C–C–N with tert-alkyl or cyclic N) is 1.